The van der Waals surface area contributed by atoms with Gasteiger partial charge < -0.3 is 5.32 Å². The van der Waals surface area contributed by atoms with Gasteiger partial charge in [-0.2, -0.15) is 0 Å². The molecule has 4 nitrogen and oxygen atoms in total. The Bertz CT molecular complexity index is 331. The average Bonchev–Trinajstić information content (AvgIpc) is 2.35. The van der Waals surface area contributed by atoms with Crippen molar-refractivity contribution < 1.29 is 4.79 Å². The second-order valence-corrected chi connectivity index (χ2v) is 7.88. The van der Waals surface area contributed by atoms with E-state index in [4.69, 9.17) is 0 Å². The van der Waals surface area contributed by atoms with Gasteiger partial charge in [-0.1, -0.05) is 20.8 Å². The molecule has 1 aliphatic heterocycles. The van der Waals surface area contributed by atoms with Gasteiger partial charge >= 0.3 is 0 Å². The number of hydrogen-bond donors (Lipinski definition) is 1. The Morgan fingerprint density at radius 2 is 2.00 bits per heavy atom. The van der Waals surface area contributed by atoms with Gasteiger partial charge in [-0.05, 0) is 59.2 Å². The molecule has 1 aliphatic rings. The van der Waals surface area contributed by atoms with Gasteiger partial charge in [0.05, 0.1) is 6.04 Å². The van der Waals surface area contributed by atoms with E-state index in [1.54, 1.807) is 0 Å². The highest BCUT2D eigenvalue weighted by molar-refractivity contribution is 5.82. The monoisotopic (exact) mass is 297 g/mol. The average molecular weight is 297 g/mol. The predicted molar refractivity (Wildman–Crippen MR) is 89.4 cm³/mol. The van der Waals surface area contributed by atoms with Crippen LogP contribution in [0.25, 0.3) is 0 Å². The van der Waals surface area contributed by atoms with Crippen molar-refractivity contribution in [3.05, 3.63) is 0 Å². The molecule has 1 amide bonds. The SMILES string of the molecule is CC1CCCN(C(C)(C)CNC(=O)[C@H](C(C)C)N(C)C)C1. The summed E-state index contributed by atoms with van der Waals surface area (Å²) in [6, 6.07) is -0.0546. The van der Waals surface area contributed by atoms with Gasteiger partial charge in [-0.15, -0.1) is 0 Å². The van der Waals surface area contributed by atoms with Crippen molar-refractivity contribution in [2.75, 3.05) is 33.7 Å². The minimum Gasteiger partial charge on any atom is -0.353 e. The first-order valence-electron chi connectivity index (χ1n) is 8.34. The van der Waals surface area contributed by atoms with E-state index in [-0.39, 0.29) is 17.5 Å². The molecule has 4 heteroatoms. The molecule has 0 radical (unpaired) electrons. The van der Waals surface area contributed by atoms with Crippen LogP contribution >= 0.6 is 0 Å². The summed E-state index contributed by atoms with van der Waals surface area (Å²) in [6.07, 6.45) is 2.60. The van der Waals surface area contributed by atoms with E-state index in [2.05, 4.69) is 44.8 Å². The van der Waals surface area contributed by atoms with Crippen molar-refractivity contribution in [1.82, 2.24) is 15.1 Å². The molecule has 1 unspecified atom stereocenters. The topological polar surface area (TPSA) is 35.6 Å². The van der Waals surface area contributed by atoms with Gasteiger partial charge in [0.15, 0.2) is 0 Å². The largest absolute Gasteiger partial charge is 0.353 e. The first-order chi connectivity index (χ1) is 9.65. The van der Waals surface area contributed by atoms with E-state index < -0.39 is 0 Å². The second-order valence-electron chi connectivity index (χ2n) is 7.88. The fourth-order valence-electron chi connectivity index (χ4n) is 3.39. The molecule has 0 saturated carbocycles. The number of nitrogens with zero attached hydrogens (tertiary/aromatic N) is 2. The van der Waals surface area contributed by atoms with Gasteiger partial charge in [0.25, 0.3) is 0 Å². The van der Waals surface area contributed by atoms with Gasteiger partial charge in [-0.25, -0.2) is 0 Å². The number of amides is 1. The molecular weight excluding hydrogens is 262 g/mol. The molecule has 0 aromatic carbocycles. The molecule has 0 aromatic heterocycles. The number of piperidine rings is 1. The lowest BCUT2D eigenvalue weighted by Crippen LogP contribution is -2.57. The summed E-state index contributed by atoms with van der Waals surface area (Å²) >= 11 is 0. The van der Waals surface area contributed by atoms with E-state index in [1.807, 2.05) is 19.0 Å². The summed E-state index contributed by atoms with van der Waals surface area (Å²) < 4.78 is 0. The third kappa shape index (κ3) is 5.26. The Kier molecular flexibility index (Phi) is 6.67. The van der Waals surface area contributed by atoms with E-state index in [9.17, 15) is 4.79 Å². The van der Waals surface area contributed by atoms with E-state index in [1.165, 1.54) is 12.8 Å². The van der Waals surface area contributed by atoms with Crippen LogP contribution in [0.3, 0.4) is 0 Å². The maximum Gasteiger partial charge on any atom is 0.237 e. The molecule has 0 aliphatic carbocycles. The van der Waals surface area contributed by atoms with Crippen LogP contribution in [0.4, 0.5) is 0 Å². The van der Waals surface area contributed by atoms with Crippen LogP contribution in [0.5, 0.6) is 0 Å². The van der Waals surface area contributed by atoms with Crippen molar-refractivity contribution in [3.8, 4) is 0 Å². The van der Waals surface area contributed by atoms with Crippen LogP contribution < -0.4 is 5.32 Å². The van der Waals surface area contributed by atoms with Crippen molar-refractivity contribution in [2.45, 2.75) is 59.0 Å². The molecule has 124 valence electrons. The van der Waals surface area contributed by atoms with Crippen molar-refractivity contribution in [2.24, 2.45) is 11.8 Å². The fourth-order valence-corrected chi connectivity index (χ4v) is 3.39. The normalized spacial score (nSPS) is 22.6. The van der Waals surface area contributed by atoms with E-state index in [0.717, 1.165) is 25.6 Å². The van der Waals surface area contributed by atoms with Crippen LogP contribution in [0.1, 0.15) is 47.5 Å². The summed E-state index contributed by atoms with van der Waals surface area (Å²) in [6.45, 7) is 14.0. The Morgan fingerprint density at radius 3 is 2.48 bits per heavy atom. The number of hydrogen-bond acceptors (Lipinski definition) is 3. The highest BCUT2D eigenvalue weighted by Crippen LogP contribution is 2.23. The molecule has 0 bridgehead atoms. The number of rotatable bonds is 6. The maximum atomic E-state index is 12.4. The summed E-state index contributed by atoms with van der Waals surface area (Å²) in [4.78, 5) is 17.0. The zero-order valence-electron chi connectivity index (χ0n) is 15.1. The summed E-state index contributed by atoms with van der Waals surface area (Å²) in [7, 11) is 3.95. The van der Waals surface area contributed by atoms with Gasteiger partial charge in [-0.3, -0.25) is 14.6 Å². The zero-order valence-corrected chi connectivity index (χ0v) is 15.1. The van der Waals surface area contributed by atoms with Crippen LogP contribution in [0.15, 0.2) is 0 Å². The lowest BCUT2D eigenvalue weighted by Gasteiger charge is -2.43. The highest BCUT2D eigenvalue weighted by atomic mass is 16.2. The maximum absolute atomic E-state index is 12.4. The van der Waals surface area contributed by atoms with Crippen LogP contribution in [-0.4, -0.2) is 61.0 Å². The Balaban J connectivity index is 2.57. The number of carbonyl (C=O) groups excluding carboxylic acids is 1. The molecule has 2 atom stereocenters. The van der Waals surface area contributed by atoms with Crippen LogP contribution in [0, 0.1) is 11.8 Å². The van der Waals surface area contributed by atoms with E-state index >= 15 is 0 Å². The Hall–Kier alpha value is -0.610. The lowest BCUT2D eigenvalue weighted by atomic mass is 9.93. The quantitative estimate of drug-likeness (QED) is 0.816. The summed E-state index contributed by atoms with van der Waals surface area (Å²) in [5.41, 5.74) is 0.0260. The molecule has 1 saturated heterocycles. The first kappa shape index (κ1) is 18.4. The van der Waals surface area contributed by atoms with Crippen LogP contribution in [0.2, 0.25) is 0 Å². The number of carbonyl (C=O) groups is 1. The molecular formula is C17H35N3O. The first-order valence-corrected chi connectivity index (χ1v) is 8.34. The molecule has 21 heavy (non-hydrogen) atoms. The Labute approximate surface area is 131 Å². The number of nitrogens with one attached hydrogen (secondary N) is 1. The third-order valence-electron chi connectivity index (χ3n) is 4.66. The highest BCUT2D eigenvalue weighted by Gasteiger charge is 2.32. The number of likely N-dealkylation sites (tertiary alicyclic amines) is 1. The van der Waals surface area contributed by atoms with Gasteiger partial charge in [0.2, 0.25) is 5.91 Å². The molecule has 0 aromatic rings. The lowest BCUT2D eigenvalue weighted by molar-refractivity contribution is -0.127. The molecule has 1 N–H and O–H groups in total. The van der Waals surface area contributed by atoms with Crippen LogP contribution in [-0.2, 0) is 4.79 Å². The molecule has 1 fully saturated rings. The minimum atomic E-state index is -0.0546. The fraction of sp³-hybridized carbons (Fsp3) is 0.941. The zero-order chi connectivity index (χ0) is 16.2. The molecule has 1 heterocycles. The van der Waals surface area contributed by atoms with Crippen molar-refractivity contribution in [1.29, 1.82) is 0 Å². The third-order valence-corrected chi connectivity index (χ3v) is 4.66. The van der Waals surface area contributed by atoms with Gasteiger partial charge in [0, 0.05) is 18.6 Å². The number of likely N-dealkylation sites (N-methyl/N-ethyl adjacent to an activating group) is 1. The van der Waals surface area contributed by atoms with E-state index in [0.29, 0.717) is 5.92 Å². The smallest absolute Gasteiger partial charge is 0.237 e. The minimum absolute atomic E-state index is 0.0260. The van der Waals surface area contributed by atoms with Crippen molar-refractivity contribution in [3.63, 3.8) is 0 Å². The summed E-state index contributed by atoms with van der Waals surface area (Å²) in [5, 5.41) is 3.18. The standard InChI is InChI=1S/C17H35N3O/c1-13(2)15(19(6)7)16(21)18-12-17(4,5)20-10-8-9-14(3)11-20/h13-15H,8-12H2,1-7H3,(H,18,21)/t14?,15-/m0/s1. The predicted octanol–water partition coefficient (Wildman–Crippen LogP) is 2.20. The second kappa shape index (κ2) is 7.59. The van der Waals surface area contributed by atoms with Gasteiger partial charge in [0.1, 0.15) is 0 Å². The summed E-state index contributed by atoms with van der Waals surface area (Å²) in [5.74, 6) is 1.23. The van der Waals surface area contributed by atoms with Crippen molar-refractivity contribution >= 4 is 5.91 Å². The molecule has 0 spiro atoms. The Morgan fingerprint density at radius 1 is 1.38 bits per heavy atom. The molecule has 1 rings (SSSR count).